The van der Waals surface area contributed by atoms with Gasteiger partial charge in [0.2, 0.25) is 0 Å². The zero-order valence-electron chi connectivity index (χ0n) is 12.1. The van der Waals surface area contributed by atoms with Crippen LogP contribution >= 0.6 is 15.9 Å². The average molecular weight is 338 g/mol. The SMILES string of the molecule is CC(C)(C)OC(=O)N1CC=C(c2cccc(Br)c2)CC1. The van der Waals surface area contributed by atoms with Crippen molar-refractivity contribution in [3.63, 3.8) is 0 Å². The zero-order chi connectivity index (χ0) is 14.8. The molecule has 4 heteroatoms. The zero-order valence-corrected chi connectivity index (χ0v) is 13.7. The van der Waals surface area contributed by atoms with E-state index in [0.29, 0.717) is 13.1 Å². The van der Waals surface area contributed by atoms with Gasteiger partial charge in [-0.05, 0) is 50.5 Å². The third kappa shape index (κ3) is 4.10. The van der Waals surface area contributed by atoms with Gasteiger partial charge in [0.1, 0.15) is 5.60 Å². The fourth-order valence-electron chi connectivity index (χ4n) is 2.11. The lowest BCUT2D eigenvalue weighted by atomic mass is 10.00. The molecule has 1 aromatic carbocycles. The monoisotopic (exact) mass is 337 g/mol. The maximum Gasteiger partial charge on any atom is 0.410 e. The number of hydrogen-bond acceptors (Lipinski definition) is 2. The van der Waals surface area contributed by atoms with E-state index in [1.165, 1.54) is 11.1 Å². The molecular formula is C16H20BrNO2. The van der Waals surface area contributed by atoms with Crippen LogP contribution in [-0.2, 0) is 4.74 Å². The highest BCUT2D eigenvalue weighted by atomic mass is 79.9. The van der Waals surface area contributed by atoms with Crippen molar-refractivity contribution in [1.82, 2.24) is 4.90 Å². The summed E-state index contributed by atoms with van der Waals surface area (Å²) in [6, 6.07) is 8.25. The number of hydrogen-bond donors (Lipinski definition) is 0. The van der Waals surface area contributed by atoms with E-state index >= 15 is 0 Å². The van der Waals surface area contributed by atoms with E-state index in [2.05, 4.69) is 34.1 Å². The predicted molar refractivity (Wildman–Crippen MR) is 84.5 cm³/mol. The Labute approximate surface area is 128 Å². The van der Waals surface area contributed by atoms with Gasteiger partial charge in [-0.15, -0.1) is 0 Å². The van der Waals surface area contributed by atoms with E-state index in [9.17, 15) is 4.79 Å². The fourth-order valence-corrected chi connectivity index (χ4v) is 2.51. The predicted octanol–water partition coefficient (Wildman–Crippen LogP) is 4.47. The first-order chi connectivity index (χ1) is 9.35. The second-order valence-electron chi connectivity index (χ2n) is 5.92. The maximum atomic E-state index is 12.0. The summed E-state index contributed by atoms with van der Waals surface area (Å²) in [7, 11) is 0. The van der Waals surface area contributed by atoms with Crippen LogP contribution in [0.1, 0.15) is 32.8 Å². The molecule has 0 saturated heterocycles. The van der Waals surface area contributed by atoms with Gasteiger partial charge in [-0.2, -0.15) is 0 Å². The third-order valence-corrected chi connectivity index (χ3v) is 3.55. The van der Waals surface area contributed by atoms with E-state index in [-0.39, 0.29) is 6.09 Å². The molecule has 1 aliphatic rings. The third-order valence-electron chi connectivity index (χ3n) is 3.06. The standard InChI is InChI=1S/C16H20BrNO2/c1-16(2,3)20-15(19)18-9-7-12(8-10-18)13-5-4-6-14(17)11-13/h4-7,11H,8-10H2,1-3H3. The number of carbonyl (C=O) groups is 1. The summed E-state index contributed by atoms with van der Waals surface area (Å²) in [4.78, 5) is 13.7. The molecule has 20 heavy (non-hydrogen) atoms. The van der Waals surface area contributed by atoms with Crippen LogP contribution in [0.5, 0.6) is 0 Å². The molecule has 0 unspecified atom stereocenters. The van der Waals surface area contributed by atoms with Crippen LogP contribution in [0.3, 0.4) is 0 Å². The summed E-state index contributed by atoms with van der Waals surface area (Å²) in [5.41, 5.74) is 2.06. The molecule has 108 valence electrons. The van der Waals surface area contributed by atoms with E-state index in [1.54, 1.807) is 4.90 Å². The molecule has 0 radical (unpaired) electrons. The smallest absolute Gasteiger partial charge is 0.410 e. The first-order valence-corrected chi connectivity index (χ1v) is 7.57. The van der Waals surface area contributed by atoms with Crippen LogP contribution in [0.2, 0.25) is 0 Å². The molecule has 0 aliphatic carbocycles. The van der Waals surface area contributed by atoms with Crippen LogP contribution in [0, 0.1) is 0 Å². The molecule has 0 bridgehead atoms. The molecule has 1 heterocycles. The number of nitrogens with zero attached hydrogens (tertiary/aromatic N) is 1. The fraction of sp³-hybridized carbons (Fsp3) is 0.438. The van der Waals surface area contributed by atoms with Gasteiger partial charge >= 0.3 is 6.09 Å². The lowest BCUT2D eigenvalue weighted by Crippen LogP contribution is -2.39. The highest BCUT2D eigenvalue weighted by Gasteiger charge is 2.23. The normalized spacial score (nSPS) is 15.8. The molecule has 0 N–H and O–H groups in total. The van der Waals surface area contributed by atoms with Gasteiger partial charge in [0.25, 0.3) is 0 Å². The van der Waals surface area contributed by atoms with Gasteiger partial charge in [0, 0.05) is 17.6 Å². The molecule has 3 nitrogen and oxygen atoms in total. The van der Waals surface area contributed by atoms with Crippen molar-refractivity contribution in [3.8, 4) is 0 Å². The Morgan fingerprint density at radius 2 is 2.10 bits per heavy atom. The minimum absolute atomic E-state index is 0.234. The van der Waals surface area contributed by atoms with Crippen molar-refractivity contribution >= 4 is 27.6 Å². The minimum Gasteiger partial charge on any atom is -0.444 e. The number of halogens is 1. The van der Waals surface area contributed by atoms with Gasteiger partial charge in [-0.3, -0.25) is 0 Å². The first kappa shape index (κ1) is 15.1. The van der Waals surface area contributed by atoms with Crippen LogP contribution < -0.4 is 0 Å². The van der Waals surface area contributed by atoms with Crippen LogP contribution in [-0.4, -0.2) is 29.7 Å². The topological polar surface area (TPSA) is 29.5 Å². The summed E-state index contributed by atoms with van der Waals surface area (Å²) >= 11 is 3.49. The quantitative estimate of drug-likeness (QED) is 0.756. The van der Waals surface area contributed by atoms with Gasteiger partial charge in [-0.25, -0.2) is 4.79 Å². The molecule has 0 saturated carbocycles. The Morgan fingerprint density at radius 1 is 1.35 bits per heavy atom. The highest BCUT2D eigenvalue weighted by Crippen LogP contribution is 2.25. The molecule has 1 aliphatic heterocycles. The van der Waals surface area contributed by atoms with Gasteiger partial charge in [0.05, 0.1) is 0 Å². The number of ether oxygens (including phenoxy) is 1. The second-order valence-corrected chi connectivity index (χ2v) is 6.83. The van der Waals surface area contributed by atoms with Crippen LogP contribution in [0.4, 0.5) is 4.79 Å². The molecule has 0 atom stereocenters. The summed E-state index contributed by atoms with van der Waals surface area (Å²) in [6.07, 6.45) is 2.73. The van der Waals surface area contributed by atoms with Gasteiger partial charge < -0.3 is 9.64 Å². The van der Waals surface area contributed by atoms with Crippen molar-refractivity contribution in [3.05, 3.63) is 40.4 Å². The van der Waals surface area contributed by atoms with E-state index in [1.807, 2.05) is 32.9 Å². The number of carbonyl (C=O) groups excluding carboxylic acids is 1. The van der Waals surface area contributed by atoms with Crippen molar-refractivity contribution < 1.29 is 9.53 Å². The summed E-state index contributed by atoms with van der Waals surface area (Å²) < 4.78 is 6.46. The molecule has 0 spiro atoms. The van der Waals surface area contributed by atoms with Crippen molar-refractivity contribution in [2.45, 2.75) is 32.8 Å². The van der Waals surface area contributed by atoms with E-state index in [0.717, 1.165) is 10.9 Å². The van der Waals surface area contributed by atoms with E-state index in [4.69, 9.17) is 4.74 Å². The molecule has 2 rings (SSSR count). The maximum absolute atomic E-state index is 12.0. The summed E-state index contributed by atoms with van der Waals surface area (Å²) in [5, 5.41) is 0. The molecule has 1 aromatic rings. The minimum atomic E-state index is -0.439. The summed E-state index contributed by atoms with van der Waals surface area (Å²) in [6.45, 7) is 6.97. The van der Waals surface area contributed by atoms with Crippen molar-refractivity contribution in [2.24, 2.45) is 0 Å². The van der Waals surface area contributed by atoms with Crippen molar-refractivity contribution in [1.29, 1.82) is 0 Å². The lowest BCUT2D eigenvalue weighted by Gasteiger charge is -2.29. The highest BCUT2D eigenvalue weighted by molar-refractivity contribution is 9.10. The summed E-state index contributed by atoms with van der Waals surface area (Å²) in [5.74, 6) is 0. The van der Waals surface area contributed by atoms with Gasteiger partial charge in [0.15, 0.2) is 0 Å². The molecule has 0 fully saturated rings. The molecule has 1 amide bonds. The van der Waals surface area contributed by atoms with Crippen LogP contribution in [0.15, 0.2) is 34.8 Å². The van der Waals surface area contributed by atoms with Crippen molar-refractivity contribution in [2.75, 3.05) is 13.1 Å². The van der Waals surface area contributed by atoms with E-state index < -0.39 is 5.60 Å². The Kier molecular flexibility index (Phi) is 4.53. The lowest BCUT2D eigenvalue weighted by molar-refractivity contribution is 0.0270. The molecule has 0 aromatic heterocycles. The average Bonchev–Trinajstić information content (AvgIpc) is 2.37. The Balaban J connectivity index is 2.02. The Bertz CT molecular complexity index is 532. The van der Waals surface area contributed by atoms with Gasteiger partial charge in [-0.1, -0.05) is 34.1 Å². The van der Waals surface area contributed by atoms with Crippen LogP contribution in [0.25, 0.3) is 5.57 Å². The Morgan fingerprint density at radius 3 is 2.65 bits per heavy atom. The number of amides is 1. The first-order valence-electron chi connectivity index (χ1n) is 6.78. The second kappa shape index (κ2) is 6.00. The number of benzene rings is 1. The molecular weight excluding hydrogens is 318 g/mol. The largest absolute Gasteiger partial charge is 0.444 e. The Hall–Kier alpha value is -1.29. The number of rotatable bonds is 1.